The first-order valence-corrected chi connectivity index (χ1v) is 19.9. The van der Waals surface area contributed by atoms with Crippen LogP contribution in [0, 0.1) is 30.7 Å². The molecule has 0 aliphatic carbocycles. The first-order chi connectivity index (χ1) is 26.5. The summed E-state index contributed by atoms with van der Waals surface area (Å²) in [7, 11) is 0. The second-order valence-corrected chi connectivity index (χ2v) is 15.5. The van der Waals surface area contributed by atoms with Crippen LogP contribution in [0.3, 0.4) is 0 Å². The van der Waals surface area contributed by atoms with Gasteiger partial charge in [-0.15, -0.1) is 22.7 Å². The Morgan fingerprint density at radius 2 is 1.44 bits per heavy atom. The molecule has 0 aliphatic heterocycles. The Morgan fingerprint density at radius 1 is 0.815 bits per heavy atom. The van der Waals surface area contributed by atoms with Crippen molar-refractivity contribution in [3.05, 3.63) is 135 Å². The predicted octanol–water partition coefficient (Wildman–Crippen LogP) is 10.8. The highest BCUT2D eigenvalue weighted by atomic mass is 32.1. The number of aromatic nitrogens is 4. The summed E-state index contributed by atoms with van der Waals surface area (Å²) in [6.07, 6.45) is 4.63. The number of nitrogens with one attached hydrogen (secondary N) is 2. The van der Waals surface area contributed by atoms with E-state index in [0.717, 1.165) is 77.9 Å². The topological polar surface area (TPSA) is 94.7 Å². The van der Waals surface area contributed by atoms with E-state index >= 15 is 0 Å². The molecule has 1 unspecified atom stereocenters. The smallest absolute Gasteiger partial charge is 0.245 e. The van der Waals surface area contributed by atoms with Crippen molar-refractivity contribution in [2.45, 2.75) is 46.5 Å². The Kier molecular flexibility index (Phi) is 9.84. The van der Waals surface area contributed by atoms with Crippen molar-refractivity contribution in [1.82, 2.24) is 19.9 Å². The molecule has 4 heterocycles. The molecule has 0 saturated carbocycles. The molecule has 2 N–H and O–H groups in total. The Hall–Kier alpha value is -6.00. The third-order valence-corrected chi connectivity index (χ3v) is 12.1. The number of thiazole rings is 2. The van der Waals surface area contributed by atoms with Gasteiger partial charge in [-0.05, 0) is 78.9 Å². The van der Waals surface area contributed by atoms with Gasteiger partial charge in [-0.3, -0.25) is 0 Å². The number of rotatable bonds is 11. The molecule has 8 aromatic rings. The molecular formula is C45H38N6OS2. The zero-order chi connectivity index (χ0) is 37.2. The minimum atomic E-state index is 0.420. The van der Waals surface area contributed by atoms with Crippen LogP contribution >= 0.6 is 22.7 Å². The largest absolute Gasteiger partial charge is 0.493 e. The predicted molar refractivity (Wildman–Crippen MR) is 223 cm³/mol. The fraction of sp³-hybridized carbons (Fsp3) is 0.200. The van der Waals surface area contributed by atoms with Crippen LogP contribution in [0.15, 0.2) is 97.1 Å². The summed E-state index contributed by atoms with van der Waals surface area (Å²) in [5.74, 6) is 1.33. The van der Waals surface area contributed by atoms with Gasteiger partial charge in [-0.2, -0.15) is 5.26 Å². The number of ether oxygens (including phenoxy) is 1. The van der Waals surface area contributed by atoms with Crippen molar-refractivity contribution in [2.24, 2.45) is 5.92 Å². The van der Waals surface area contributed by atoms with Gasteiger partial charge in [-0.25, -0.2) is 14.8 Å². The first kappa shape index (κ1) is 35.1. The minimum Gasteiger partial charge on any atom is -0.493 e. The van der Waals surface area contributed by atoms with Gasteiger partial charge < -0.3 is 14.7 Å². The monoisotopic (exact) mass is 742 g/mol. The molecular weight excluding hydrogens is 705 g/mol. The minimum absolute atomic E-state index is 0.420. The number of H-pyrrole nitrogens is 2. The Morgan fingerprint density at radius 3 is 2.09 bits per heavy atom. The standard InChI is InChI=1S/C45H38N6OS2/c1-5-7-15-28(6-2)26-52-30-23-21-29(22-24-30)39-37-38(42(50-39)43(47-4)45-49-34-18-11-13-20-36(34)54-45)40(31-16-9-8-14-27(31)3)51-41(37)32(25-46)44-48-33-17-10-12-19-35(33)53-44/h8-14,16-24,28,50-51H,5-7,15,26H2,1-3H3/b41-32-,43-42+. The third kappa shape index (κ3) is 6.47. The number of benzene rings is 4. The van der Waals surface area contributed by atoms with Gasteiger partial charge in [0.05, 0.1) is 55.7 Å². The summed E-state index contributed by atoms with van der Waals surface area (Å²) >= 11 is 3.00. The molecule has 4 aromatic heterocycles. The van der Waals surface area contributed by atoms with Crippen LogP contribution in [0.4, 0.5) is 0 Å². The molecule has 0 spiro atoms. The van der Waals surface area contributed by atoms with Crippen LogP contribution in [-0.4, -0.2) is 26.5 Å². The molecule has 0 fully saturated rings. The van der Waals surface area contributed by atoms with Gasteiger partial charge in [0.25, 0.3) is 0 Å². The van der Waals surface area contributed by atoms with Crippen molar-refractivity contribution in [1.29, 1.82) is 5.26 Å². The molecule has 0 aliphatic rings. The quantitative estimate of drug-likeness (QED) is 0.129. The molecule has 0 saturated heterocycles. The lowest BCUT2D eigenvalue weighted by atomic mass is 10.0. The second kappa shape index (κ2) is 15.2. The summed E-state index contributed by atoms with van der Waals surface area (Å²) in [6, 6.07) is 34.8. The maximum Gasteiger partial charge on any atom is 0.245 e. The normalized spacial score (nSPS) is 13.2. The van der Waals surface area contributed by atoms with Crippen molar-refractivity contribution >= 4 is 65.1 Å². The van der Waals surface area contributed by atoms with Gasteiger partial charge in [0, 0.05) is 16.3 Å². The van der Waals surface area contributed by atoms with Gasteiger partial charge in [0.1, 0.15) is 27.4 Å². The van der Waals surface area contributed by atoms with Gasteiger partial charge in [-0.1, -0.05) is 81.6 Å². The Bertz CT molecular complexity index is 2700. The number of hydrogen-bond donors (Lipinski definition) is 2. The van der Waals surface area contributed by atoms with Crippen LogP contribution in [0.5, 0.6) is 5.75 Å². The molecule has 0 radical (unpaired) electrons. The summed E-state index contributed by atoms with van der Waals surface area (Å²) in [6.45, 7) is 15.8. The molecule has 8 rings (SSSR count). The van der Waals surface area contributed by atoms with E-state index in [9.17, 15) is 5.26 Å². The number of nitriles is 1. The maximum absolute atomic E-state index is 10.9. The summed E-state index contributed by atoms with van der Waals surface area (Å²) in [4.78, 5) is 21.4. The number of unbranched alkanes of at least 4 members (excludes halogenated alkanes) is 1. The van der Waals surface area contributed by atoms with Crippen LogP contribution < -0.4 is 15.4 Å². The molecule has 1 atom stereocenters. The molecule has 0 amide bonds. The third-order valence-electron chi connectivity index (χ3n) is 10.1. The van der Waals surface area contributed by atoms with Crippen LogP contribution in [0.2, 0.25) is 0 Å². The number of aromatic amines is 2. The van der Waals surface area contributed by atoms with Crippen LogP contribution in [0.1, 0.15) is 55.1 Å². The van der Waals surface area contributed by atoms with E-state index in [0.29, 0.717) is 44.5 Å². The highest BCUT2D eigenvalue weighted by Crippen LogP contribution is 2.36. The van der Waals surface area contributed by atoms with Gasteiger partial charge in [0.15, 0.2) is 0 Å². The number of para-hydroxylation sites is 2. The van der Waals surface area contributed by atoms with Crippen LogP contribution in [0.25, 0.3) is 69.8 Å². The highest BCUT2D eigenvalue weighted by Gasteiger charge is 2.24. The first-order valence-electron chi connectivity index (χ1n) is 18.3. The lowest BCUT2D eigenvalue weighted by Crippen LogP contribution is -2.11. The number of hydrogen-bond acceptors (Lipinski definition) is 6. The average molecular weight is 743 g/mol. The molecule has 54 heavy (non-hydrogen) atoms. The molecule has 0 bridgehead atoms. The van der Waals surface area contributed by atoms with E-state index < -0.39 is 0 Å². The Balaban J connectivity index is 1.43. The fourth-order valence-corrected chi connectivity index (χ4v) is 9.02. The summed E-state index contributed by atoms with van der Waals surface area (Å²) in [5.41, 5.74) is 7.12. The number of fused-ring (bicyclic) bond motifs is 3. The number of aryl methyl sites for hydroxylation is 1. The zero-order valence-electron chi connectivity index (χ0n) is 30.4. The van der Waals surface area contributed by atoms with Crippen LogP contribution in [-0.2, 0) is 0 Å². The Labute approximate surface area is 321 Å². The van der Waals surface area contributed by atoms with Crippen molar-refractivity contribution in [3.8, 4) is 34.3 Å². The summed E-state index contributed by atoms with van der Waals surface area (Å²) in [5, 5.41) is 15.1. The SMILES string of the molecule is [C-]#[N+]/C(c1nc2ccccc2s1)=c1/[nH]c(-c2ccc(OCC(CC)CCCC)cc2)c2/c(=C(\C#N)c3nc4ccccc4s3)[nH]c(-c3ccccc3C)c12. The van der Waals surface area contributed by atoms with Gasteiger partial charge >= 0.3 is 0 Å². The zero-order valence-corrected chi connectivity index (χ0v) is 32.0. The lowest BCUT2D eigenvalue weighted by molar-refractivity contribution is 0.233. The van der Waals surface area contributed by atoms with E-state index in [1.165, 1.54) is 35.5 Å². The van der Waals surface area contributed by atoms with Crippen molar-refractivity contribution < 1.29 is 4.74 Å². The van der Waals surface area contributed by atoms with E-state index in [2.05, 4.69) is 65.9 Å². The lowest BCUT2D eigenvalue weighted by Gasteiger charge is -2.15. The summed E-state index contributed by atoms with van der Waals surface area (Å²) < 4.78 is 8.32. The molecule has 4 aromatic carbocycles. The van der Waals surface area contributed by atoms with Crippen molar-refractivity contribution in [3.63, 3.8) is 0 Å². The van der Waals surface area contributed by atoms with Gasteiger partial charge in [0.2, 0.25) is 5.70 Å². The number of nitrogens with zero attached hydrogens (tertiary/aromatic N) is 4. The average Bonchev–Trinajstić information content (AvgIpc) is 3.99. The maximum atomic E-state index is 10.9. The van der Waals surface area contributed by atoms with E-state index in [1.54, 1.807) is 0 Å². The molecule has 7 nitrogen and oxygen atoms in total. The highest BCUT2D eigenvalue weighted by molar-refractivity contribution is 7.20. The van der Waals surface area contributed by atoms with E-state index in [4.69, 9.17) is 21.3 Å². The van der Waals surface area contributed by atoms with E-state index in [1.807, 2.05) is 72.8 Å². The van der Waals surface area contributed by atoms with E-state index in [-0.39, 0.29) is 0 Å². The second-order valence-electron chi connectivity index (χ2n) is 13.5. The molecule has 266 valence electrons. The molecule has 9 heteroatoms. The fourth-order valence-electron chi connectivity index (χ4n) is 7.09. The van der Waals surface area contributed by atoms with Crippen molar-refractivity contribution in [2.75, 3.05) is 6.61 Å².